The van der Waals surface area contributed by atoms with Crippen LogP contribution in [-0.4, -0.2) is 26.0 Å². The molecule has 0 saturated carbocycles. The molecule has 0 aliphatic heterocycles. The van der Waals surface area contributed by atoms with E-state index in [-0.39, 0.29) is 12.2 Å². The second-order valence-electron chi connectivity index (χ2n) is 5.00. The molecule has 0 spiro atoms. The summed E-state index contributed by atoms with van der Waals surface area (Å²) in [6, 6.07) is 12.3. The van der Waals surface area contributed by atoms with Crippen molar-refractivity contribution in [3.05, 3.63) is 64.1 Å². The summed E-state index contributed by atoms with van der Waals surface area (Å²) in [5.41, 5.74) is 1.10. The largest absolute Gasteiger partial charge is 0.386 e. The third-order valence-corrected chi connectivity index (χ3v) is 4.23. The van der Waals surface area contributed by atoms with E-state index in [9.17, 15) is 9.90 Å². The van der Waals surface area contributed by atoms with Crippen LogP contribution in [0.5, 0.6) is 0 Å². The summed E-state index contributed by atoms with van der Waals surface area (Å²) < 4.78 is 1.42. The molecule has 120 valence electrons. The quantitative estimate of drug-likeness (QED) is 0.741. The van der Waals surface area contributed by atoms with E-state index in [1.165, 1.54) is 22.2 Å². The fraction of sp³-hybridized carbons (Fsp3) is 0.125. The first-order chi connectivity index (χ1) is 11.7. The summed E-state index contributed by atoms with van der Waals surface area (Å²) in [6.45, 7) is 0.213. The molecular weight excluding hydrogens is 326 g/mol. The van der Waals surface area contributed by atoms with Gasteiger partial charge in [-0.05, 0) is 29.6 Å². The van der Waals surface area contributed by atoms with Crippen LogP contribution in [0.25, 0.3) is 0 Å². The number of anilines is 1. The number of hydrogen-bond donors (Lipinski definition) is 2. The lowest BCUT2D eigenvalue weighted by molar-refractivity contribution is 0.102. The number of aliphatic hydroxyl groups is 1. The van der Waals surface area contributed by atoms with Crippen LogP contribution in [0.2, 0.25) is 0 Å². The van der Waals surface area contributed by atoms with E-state index >= 15 is 0 Å². The Balaban J connectivity index is 1.66. The summed E-state index contributed by atoms with van der Waals surface area (Å²) in [5, 5.41) is 31.2. The van der Waals surface area contributed by atoms with Gasteiger partial charge in [0.1, 0.15) is 6.10 Å². The normalized spacial score (nSPS) is 11.7. The Kier molecular flexibility index (Phi) is 4.65. The zero-order chi connectivity index (χ0) is 16.9. The minimum Gasteiger partial charge on any atom is -0.386 e. The second kappa shape index (κ2) is 7.04. The van der Waals surface area contributed by atoms with Crippen LogP contribution < -0.4 is 5.32 Å². The lowest BCUT2D eigenvalue weighted by atomic mass is 10.2. The fourth-order valence-electron chi connectivity index (χ4n) is 2.10. The van der Waals surface area contributed by atoms with E-state index in [1.807, 2.05) is 23.6 Å². The average Bonchev–Trinajstić information content (AvgIpc) is 3.26. The molecule has 0 radical (unpaired) electrons. The van der Waals surface area contributed by atoms with Gasteiger partial charge in [0.25, 0.3) is 5.91 Å². The van der Waals surface area contributed by atoms with E-state index in [0.717, 1.165) is 4.88 Å². The van der Waals surface area contributed by atoms with Crippen LogP contribution in [-0.2, 0) is 6.54 Å². The molecule has 2 heterocycles. The van der Waals surface area contributed by atoms with Crippen molar-refractivity contribution in [3.8, 4) is 6.07 Å². The van der Waals surface area contributed by atoms with Gasteiger partial charge in [0, 0.05) is 10.6 Å². The van der Waals surface area contributed by atoms with Crippen molar-refractivity contribution in [2.45, 2.75) is 12.6 Å². The summed E-state index contributed by atoms with van der Waals surface area (Å²) in [5.74, 6) is -0.429. The molecule has 2 N–H and O–H groups in total. The molecule has 24 heavy (non-hydrogen) atoms. The van der Waals surface area contributed by atoms with Gasteiger partial charge in [-0.25, -0.2) is 4.68 Å². The molecule has 1 amide bonds. The number of hydrogen-bond acceptors (Lipinski definition) is 6. The molecular formula is C16H13N5O2S. The van der Waals surface area contributed by atoms with Crippen molar-refractivity contribution in [1.82, 2.24) is 15.0 Å². The second-order valence-corrected chi connectivity index (χ2v) is 5.98. The summed E-state index contributed by atoms with van der Waals surface area (Å²) in [7, 11) is 0. The van der Waals surface area contributed by atoms with Crippen LogP contribution in [0.15, 0.2) is 48.0 Å². The first-order valence-corrected chi connectivity index (χ1v) is 7.97. The van der Waals surface area contributed by atoms with Crippen molar-refractivity contribution in [1.29, 1.82) is 5.26 Å². The molecule has 0 fully saturated rings. The molecule has 1 aromatic carbocycles. The topological polar surface area (TPSA) is 104 Å². The average molecular weight is 339 g/mol. The third-order valence-electron chi connectivity index (χ3n) is 3.25. The fourth-order valence-corrected chi connectivity index (χ4v) is 2.80. The Hall–Kier alpha value is -3.02. The summed E-state index contributed by atoms with van der Waals surface area (Å²) >= 11 is 1.45. The van der Waals surface area contributed by atoms with Gasteiger partial charge < -0.3 is 10.4 Å². The molecule has 7 nitrogen and oxygen atoms in total. The van der Waals surface area contributed by atoms with Gasteiger partial charge in [-0.3, -0.25) is 4.79 Å². The smallest absolute Gasteiger partial charge is 0.277 e. The van der Waals surface area contributed by atoms with Crippen LogP contribution in [0.3, 0.4) is 0 Å². The van der Waals surface area contributed by atoms with Crippen LogP contribution in [0.4, 0.5) is 5.69 Å². The highest BCUT2D eigenvalue weighted by atomic mass is 32.1. The third kappa shape index (κ3) is 3.65. The SMILES string of the molecule is N#Cc1cccc(NC(=O)c2cn(CC(O)c3cccs3)nn2)c1. The molecule has 0 aliphatic rings. The van der Waals surface area contributed by atoms with Gasteiger partial charge in [-0.1, -0.05) is 17.3 Å². The van der Waals surface area contributed by atoms with Crippen molar-refractivity contribution in [2.24, 2.45) is 0 Å². The Bertz CT molecular complexity index is 882. The van der Waals surface area contributed by atoms with E-state index < -0.39 is 12.0 Å². The maximum absolute atomic E-state index is 12.2. The van der Waals surface area contributed by atoms with E-state index in [4.69, 9.17) is 5.26 Å². The van der Waals surface area contributed by atoms with E-state index in [1.54, 1.807) is 24.3 Å². The maximum atomic E-state index is 12.2. The first-order valence-electron chi connectivity index (χ1n) is 7.09. The van der Waals surface area contributed by atoms with Crippen LogP contribution in [0, 0.1) is 11.3 Å². The predicted octanol–water partition coefficient (Wildman–Crippen LogP) is 2.20. The number of carbonyl (C=O) groups is 1. The van der Waals surface area contributed by atoms with Gasteiger partial charge in [0.15, 0.2) is 5.69 Å². The van der Waals surface area contributed by atoms with Crippen molar-refractivity contribution < 1.29 is 9.90 Å². The Morgan fingerprint density at radius 2 is 2.29 bits per heavy atom. The molecule has 0 saturated heterocycles. The number of aliphatic hydroxyl groups excluding tert-OH is 1. The van der Waals surface area contributed by atoms with Gasteiger partial charge in [-0.15, -0.1) is 16.4 Å². The number of nitriles is 1. The standard InChI is InChI=1S/C16H13N5O2S/c17-8-11-3-1-4-12(7-11)18-16(23)13-9-21(20-19-13)10-14(22)15-5-2-6-24-15/h1-7,9,14,22H,10H2,(H,18,23). The molecule has 0 aliphatic carbocycles. The minimum absolute atomic E-state index is 0.135. The maximum Gasteiger partial charge on any atom is 0.277 e. The van der Waals surface area contributed by atoms with Crippen molar-refractivity contribution >= 4 is 22.9 Å². The number of benzene rings is 1. The van der Waals surface area contributed by atoms with E-state index in [0.29, 0.717) is 11.3 Å². The van der Waals surface area contributed by atoms with Crippen LogP contribution in [0.1, 0.15) is 27.0 Å². The monoisotopic (exact) mass is 339 g/mol. The highest BCUT2D eigenvalue weighted by molar-refractivity contribution is 7.10. The Labute approximate surface area is 141 Å². The molecule has 2 aromatic heterocycles. The number of carbonyl (C=O) groups excluding carboxylic acids is 1. The highest BCUT2D eigenvalue weighted by Gasteiger charge is 2.14. The van der Waals surface area contributed by atoms with Crippen molar-refractivity contribution in [3.63, 3.8) is 0 Å². The molecule has 1 atom stereocenters. The number of nitrogens with zero attached hydrogens (tertiary/aromatic N) is 4. The Morgan fingerprint density at radius 1 is 1.42 bits per heavy atom. The molecule has 3 rings (SSSR count). The lowest BCUT2D eigenvalue weighted by Crippen LogP contribution is -2.12. The molecule has 8 heteroatoms. The van der Waals surface area contributed by atoms with Crippen LogP contribution >= 0.6 is 11.3 Å². The number of rotatable bonds is 5. The van der Waals surface area contributed by atoms with E-state index in [2.05, 4.69) is 15.6 Å². The number of nitrogens with one attached hydrogen (secondary N) is 1. The number of thiophene rings is 1. The highest BCUT2D eigenvalue weighted by Crippen LogP contribution is 2.20. The number of amides is 1. The van der Waals surface area contributed by atoms with Gasteiger partial charge in [0.05, 0.1) is 24.4 Å². The zero-order valence-corrected chi connectivity index (χ0v) is 13.3. The van der Waals surface area contributed by atoms with Gasteiger partial charge >= 0.3 is 0 Å². The first kappa shape index (κ1) is 15.9. The zero-order valence-electron chi connectivity index (χ0n) is 12.5. The summed E-state index contributed by atoms with van der Waals surface area (Å²) in [6.07, 6.45) is 0.773. The Morgan fingerprint density at radius 3 is 3.04 bits per heavy atom. The molecule has 3 aromatic rings. The molecule has 1 unspecified atom stereocenters. The minimum atomic E-state index is -0.699. The van der Waals surface area contributed by atoms with Gasteiger partial charge in [0.2, 0.25) is 0 Å². The number of aromatic nitrogens is 3. The van der Waals surface area contributed by atoms with Gasteiger partial charge in [-0.2, -0.15) is 5.26 Å². The molecule has 0 bridgehead atoms. The lowest BCUT2D eigenvalue weighted by Gasteiger charge is -2.07. The predicted molar refractivity (Wildman–Crippen MR) is 88.4 cm³/mol. The van der Waals surface area contributed by atoms with Crippen molar-refractivity contribution in [2.75, 3.05) is 5.32 Å². The summed E-state index contributed by atoms with van der Waals surface area (Å²) in [4.78, 5) is 13.0.